The van der Waals surface area contributed by atoms with Gasteiger partial charge in [0.2, 0.25) is 10.1 Å². The number of fused-ring (bicyclic) bond motifs is 1. The van der Waals surface area contributed by atoms with Crippen molar-refractivity contribution in [3.05, 3.63) is 42.5 Å². The lowest BCUT2D eigenvalue weighted by atomic mass is 10.1. The molecular weight excluding hydrogens is 216 g/mol. The first-order chi connectivity index (χ1) is 6.75. The molecule has 1 atom stereocenters. The molecule has 14 heavy (non-hydrogen) atoms. The fourth-order valence-electron chi connectivity index (χ4n) is 1.30. The zero-order valence-corrected chi connectivity index (χ0v) is 8.85. The van der Waals surface area contributed by atoms with Crippen LogP contribution in [0.3, 0.4) is 0 Å². The van der Waals surface area contributed by atoms with Crippen molar-refractivity contribution < 1.29 is 8.76 Å². The predicted octanol–water partition coefficient (Wildman–Crippen LogP) is 3.07. The quantitative estimate of drug-likeness (QED) is 0.629. The largest absolute Gasteiger partial charge is 0.297 e. The Kier molecular flexibility index (Phi) is 2.86. The Balaban J connectivity index is 2.46. The lowest BCUT2D eigenvalue weighted by molar-refractivity contribution is 0.581. The molecule has 0 bridgehead atoms. The van der Waals surface area contributed by atoms with Gasteiger partial charge in [-0.25, -0.2) is 4.21 Å². The maximum absolute atomic E-state index is 10.6. The van der Waals surface area contributed by atoms with Crippen LogP contribution in [0, 0.1) is 0 Å². The zero-order valence-electron chi connectivity index (χ0n) is 7.21. The fourth-order valence-corrected chi connectivity index (χ4v) is 2.57. The second-order valence-corrected chi connectivity index (χ2v) is 5.24. The van der Waals surface area contributed by atoms with Gasteiger partial charge >= 0.3 is 0 Å². The van der Waals surface area contributed by atoms with Crippen LogP contribution in [0.25, 0.3) is 10.8 Å². The molecular formula is C10H8O2S2. The van der Waals surface area contributed by atoms with E-state index in [0.29, 0.717) is 0 Å². The van der Waals surface area contributed by atoms with Gasteiger partial charge in [-0.2, -0.15) is 0 Å². The van der Waals surface area contributed by atoms with Crippen molar-refractivity contribution in [2.45, 2.75) is 4.90 Å². The lowest BCUT2D eigenvalue weighted by Crippen LogP contribution is -1.79. The van der Waals surface area contributed by atoms with Gasteiger partial charge in [-0.1, -0.05) is 30.3 Å². The molecule has 0 saturated carbocycles. The SMILES string of the molecule is O=S(O)Sc1ccc2ccccc2c1. The van der Waals surface area contributed by atoms with E-state index in [4.69, 9.17) is 4.55 Å². The van der Waals surface area contributed by atoms with Crippen LogP contribution in [-0.4, -0.2) is 8.76 Å². The van der Waals surface area contributed by atoms with E-state index in [-0.39, 0.29) is 0 Å². The highest BCUT2D eigenvalue weighted by Crippen LogP contribution is 2.24. The summed E-state index contributed by atoms with van der Waals surface area (Å²) in [5.74, 6) is 0. The summed E-state index contributed by atoms with van der Waals surface area (Å²) in [5.41, 5.74) is 0. The molecule has 0 aliphatic heterocycles. The molecule has 1 N–H and O–H groups in total. The van der Waals surface area contributed by atoms with Crippen molar-refractivity contribution in [3.8, 4) is 0 Å². The average Bonchev–Trinajstić information content (AvgIpc) is 2.17. The van der Waals surface area contributed by atoms with E-state index < -0.39 is 10.1 Å². The predicted molar refractivity (Wildman–Crippen MR) is 60.6 cm³/mol. The zero-order chi connectivity index (χ0) is 9.97. The van der Waals surface area contributed by atoms with Crippen LogP contribution in [0.4, 0.5) is 0 Å². The van der Waals surface area contributed by atoms with E-state index in [9.17, 15) is 4.21 Å². The van der Waals surface area contributed by atoms with Crippen LogP contribution < -0.4 is 0 Å². The summed E-state index contributed by atoms with van der Waals surface area (Å²) < 4.78 is 19.3. The van der Waals surface area contributed by atoms with E-state index in [1.807, 2.05) is 42.5 Å². The molecule has 0 aliphatic carbocycles. The van der Waals surface area contributed by atoms with Gasteiger partial charge in [-0.3, -0.25) is 4.55 Å². The first kappa shape index (κ1) is 9.71. The molecule has 2 aromatic rings. The van der Waals surface area contributed by atoms with Crippen LogP contribution in [0.5, 0.6) is 0 Å². The summed E-state index contributed by atoms with van der Waals surface area (Å²) in [5, 5.41) is 2.23. The highest BCUT2D eigenvalue weighted by molar-refractivity contribution is 8.67. The molecule has 0 heterocycles. The summed E-state index contributed by atoms with van der Waals surface area (Å²) in [7, 11) is -0.902. The van der Waals surface area contributed by atoms with Crippen LogP contribution in [0.1, 0.15) is 0 Å². The molecule has 4 heteroatoms. The normalized spacial score (nSPS) is 12.9. The molecule has 0 saturated heterocycles. The van der Waals surface area contributed by atoms with Gasteiger partial charge < -0.3 is 0 Å². The Morgan fingerprint density at radius 3 is 2.50 bits per heavy atom. The number of benzene rings is 2. The third-order valence-corrected chi connectivity index (χ3v) is 3.48. The molecule has 2 aromatic carbocycles. The van der Waals surface area contributed by atoms with Crippen molar-refractivity contribution in [1.82, 2.24) is 0 Å². The first-order valence-corrected chi connectivity index (χ1v) is 6.48. The van der Waals surface area contributed by atoms with E-state index >= 15 is 0 Å². The number of rotatable bonds is 2. The van der Waals surface area contributed by atoms with E-state index in [1.54, 1.807) is 0 Å². The maximum Gasteiger partial charge on any atom is 0.221 e. The van der Waals surface area contributed by atoms with Crippen molar-refractivity contribution in [3.63, 3.8) is 0 Å². The van der Waals surface area contributed by atoms with Gasteiger partial charge in [0.1, 0.15) is 0 Å². The summed E-state index contributed by atoms with van der Waals surface area (Å²) in [6, 6.07) is 13.6. The maximum atomic E-state index is 10.6. The molecule has 0 spiro atoms. The molecule has 0 aliphatic rings. The second kappa shape index (κ2) is 4.13. The van der Waals surface area contributed by atoms with Gasteiger partial charge in [0, 0.05) is 15.7 Å². The minimum absolute atomic E-state index is 0.810. The molecule has 72 valence electrons. The molecule has 2 nitrogen and oxygen atoms in total. The Labute approximate surface area is 88.0 Å². The summed E-state index contributed by atoms with van der Waals surface area (Å²) in [4.78, 5) is 0.810. The van der Waals surface area contributed by atoms with Crippen LogP contribution in [0.2, 0.25) is 0 Å². The monoisotopic (exact) mass is 224 g/mol. The van der Waals surface area contributed by atoms with E-state index in [1.165, 1.54) is 0 Å². The fraction of sp³-hybridized carbons (Fsp3) is 0. The van der Waals surface area contributed by atoms with Crippen LogP contribution in [0.15, 0.2) is 47.4 Å². The topological polar surface area (TPSA) is 37.3 Å². The standard InChI is InChI=1S/C10H8O2S2/c11-14(12)13-10-6-5-8-3-1-2-4-9(8)7-10/h1-7H,(H,11,12). The Hall–Kier alpha value is -0.840. The third kappa shape index (κ3) is 2.15. The summed E-state index contributed by atoms with van der Waals surface area (Å²) >= 11 is 0. The van der Waals surface area contributed by atoms with Gasteiger partial charge in [0.15, 0.2) is 0 Å². The van der Waals surface area contributed by atoms with E-state index in [0.717, 1.165) is 26.5 Å². The van der Waals surface area contributed by atoms with Gasteiger partial charge in [0.05, 0.1) is 0 Å². The molecule has 0 fully saturated rings. The number of hydrogen-bond donors (Lipinski definition) is 1. The highest BCUT2D eigenvalue weighted by atomic mass is 33.1. The van der Waals surface area contributed by atoms with Crippen LogP contribution >= 0.6 is 10.8 Å². The average molecular weight is 224 g/mol. The lowest BCUT2D eigenvalue weighted by Gasteiger charge is -1.99. The number of hydrogen-bond acceptors (Lipinski definition) is 2. The molecule has 0 aromatic heterocycles. The van der Waals surface area contributed by atoms with Gasteiger partial charge in [0.25, 0.3) is 0 Å². The van der Waals surface area contributed by atoms with Crippen molar-refractivity contribution in [2.24, 2.45) is 0 Å². The summed E-state index contributed by atoms with van der Waals surface area (Å²) in [6.45, 7) is 0. The molecule has 1 unspecified atom stereocenters. The first-order valence-electron chi connectivity index (χ1n) is 4.04. The van der Waals surface area contributed by atoms with Crippen molar-refractivity contribution in [1.29, 1.82) is 0 Å². The Bertz CT molecular complexity index is 482. The summed E-state index contributed by atoms with van der Waals surface area (Å²) in [6.07, 6.45) is 0. The molecule has 0 amide bonds. The second-order valence-electron chi connectivity index (χ2n) is 2.81. The Morgan fingerprint density at radius 1 is 1.07 bits per heavy atom. The van der Waals surface area contributed by atoms with Crippen molar-refractivity contribution in [2.75, 3.05) is 0 Å². The van der Waals surface area contributed by atoms with Crippen molar-refractivity contribution >= 4 is 31.7 Å². The highest BCUT2D eigenvalue weighted by Gasteiger charge is 1.99. The minimum atomic E-state index is -1.84. The Morgan fingerprint density at radius 2 is 1.79 bits per heavy atom. The molecule has 2 rings (SSSR count). The smallest absolute Gasteiger partial charge is 0.221 e. The van der Waals surface area contributed by atoms with E-state index in [2.05, 4.69) is 0 Å². The van der Waals surface area contributed by atoms with Crippen LogP contribution in [-0.2, 0) is 10.1 Å². The van der Waals surface area contributed by atoms with Gasteiger partial charge in [-0.15, -0.1) is 0 Å². The third-order valence-electron chi connectivity index (χ3n) is 1.89. The minimum Gasteiger partial charge on any atom is -0.297 e. The van der Waals surface area contributed by atoms with Gasteiger partial charge in [-0.05, 0) is 22.9 Å². The molecule has 0 radical (unpaired) electrons.